The van der Waals surface area contributed by atoms with E-state index >= 15 is 0 Å². The quantitative estimate of drug-likeness (QED) is 0.528. The molecule has 0 aromatic rings. The Morgan fingerprint density at radius 1 is 1.50 bits per heavy atom. The molecule has 98 valence electrons. The summed E-state index contributed by atoms with van der Waals surface area (Å²) in [6.45, 7) is 8.82. The molecular formula is C15H20O3. The third-order valence-corrected chi connectivity index (χ3v) is 5.26. The Hall–Kier alpha value is -1.09. The maximum Gasteiger partial charge on any atom is 0.335 e. The SMILES string of the molecule is C=C1[C@@H](C)CC[C@]2(C)C3=C(COC3=O)[C@@H](O)C[C@@H]12. The second kappa shape index (κ2) is 3.70. The maximum atomic E-state index is 12.0. The summed E-state index contributed by atoms with van der Waals surface area (Å²) in [6, 6.07) is 0. The molecule has 3 rings (SSSR count). The largest absolute Gasteiger partial charge is 0.458 e. The Kier molecular flexibility index (Phi) is 2.46. The lowest BCUT2D eigenvalue weighted by molar-refractivity contribution is -0.137. The first-order valence-corrected chi connectivity index (χ1v) is 6.72. The van der Waals surface area contributed by atoms with Gasteiger partial charge in [0.05, 0.1) is 6.10 Å². The van der Waals surface area contributed by atoms with Crippen molar-refractivity contribution in [3.8, 4) is 0 Å². The van der Waals surface area contributed by atoms with Crippen LogP contribution in [0.4, 0.5) is 0 Å². The van der Waals surface area contributed by atoms with Crippen LogP contribution in [0.1, 0.15) is 33.1 Å². The fourth-order valence-corrected chi connectivity index (χ4v) is 3.99. The first kappa shape index (κ1) is 12.0. The number of rotatable bonds is 0. The van der Waals surface area contributed by atoms with Crippen LogP contribution in [0.5, 0.6) is 0 Å². The van der Waals surface area contributed by atoms with Gasteiger partial charge in [-0.2, -0.15) is 0 Å². The smallest absolute Gasteiger partial charge is 0.335 e. The number of carbonyl (C=O) groups is 1. The molecule has 4 atom stereocenters. The van der Waals surface area contributed by atoms with Crippen molar-refractivity contribution in [2.24, 2.45) is 17.3 Å². The Balaban J connectivity index is 2.10. The van der Waals surface area contributed by atoms with Gasteiger partial charge in [-0.25, -0.2) is 4.79 Å². The van der Waals surface area contributed by atoms with Crippen molar-refractivity contribution in [1.29, 1.82) is 0 Å². The Morgan fingerprint density at radius 3 is 2.94 bits per heavy atom. The molecule has 3 aliphatic rings. The van der Waals surface area contributed by atoms with Crippen molar-refractivity contribution in [2.75, 3.05) is 6.61 Å². The number of aliphatic hydroxyl groups excluding tert-OH is 1. The highest BCUT2D eigenvalue weighted by Gasteiger charge is 2.53. The lowest BCUT2D eigenvalue weighted by Crippen LogP contribution is -2.44. The molecule has 0 amide bonds. The molecule has 0 aromatic carbocycles. The van der Waals surface area contributed by atoms with Crippen LogP contribution in [0.25, 0.3) is 0 Å². The van der Waals surface area contributed by atoms with E-state index in [2.05, 4.69) is 20.4 Å². The third-order valence-electron chi connectivity index (χ3n) is 5.26. The van der Waals surface area contributed by atoms with Gasteiger partial charge >= 0.3 is 5.97 Å². The van der Waals surface area contributed by atoms with Crippen molar-refractivity contribution in [2.45, 2.75) is 39.2 Å². The molecule has 0 unspecified atom stereocenters. The summed E-state index contributed by atoms with van der Waals surface area (Å²) < 4.78 is 5.14. The molecule has 0 radical (unpaired) electrons. The highest BCUT2D eigenvalue weighted by atomic mass is 16.5. The van der Waals surface area contributed by atoms with E-state index in [4.69, 9.17) is 4.74 Å². The van der Waals surface area contributed by atoms with Crippen molar-refractivity contribution in [3.63, 3.8) is 0 Å². The summed E-state index contributed by atoms with van der Waals surface area (Å²) in [5.74, 6) is 0.467. The lowest BCUT2D eigenvalue weighted by atomic mass is 9.54. The van der Waals surface area contributed by atoms with Crippen LogP contribution in [0.15, 0.2) is 23.3 Å². The zero-order valence-electron chi connectivity index (χ0n) is 11.0. The van der Waals surface area contributed by atoms with E-state index < -0.39 is 6.10 Å². The molecule has 1 N–H and O–H groups in total. The number of fused-ring (bicyclic) bond motifs is 2. The van der Waals surface area contributed by atoms with Crippen LogP contribution in [0.2, 0.25) is 0 Å². The first-order chi connectivity index (χ1) is 8.45. The average molecular weight is 248 g/mol. The van der Waals surface area contributed by atoms with Gasteiger partial charge in [-0.3, -0.25) is 0 Å². The van der Waals surface area contributed by atoms with E-state index in [1.54, 1.807) is 0 Å². The maximum absolute atomic E-state index is 12.0. The van der Waals surface area contributed by atoms with Gasteiger partial charge in [-0.05, 0) is 31.1 Å². The first-order valence-electron chi connectivity index (χ1n) is 6.72. The molecule has 3 heteroatoms. The summed E-state index contributed by atoms with van der Waals surface area (Å²) in [7, 11) is 0. The summed E-state index contributed by atoms with van der Waals surface area (Å²) >= 11 is 0. The van der Waals surface area contributed by atoms with Crippen LogP contribution < -0.4 is 0 Å². The van der Waals surface area contributed by atoms with Gasteiger partial charge in [0.15, 0.2) is 0 Å². The highest BCUT2D eigenvalue weighted by molar-refractivity contribution is 5.94. The Morgan fingerprint density at radius 2 is 2.22 bits per heavy atom. The molecule has 0 saturated heterocycles. The standard InChI is InChI=1S/C15H20O3/c1-8-4-5-15(3)11(9(8)2)6-12(16)10-7-18-14(17)13(10)15/h8,11-12,16H,2,4-7H2,1,3H3/t8-,11-,12-,15-/m0/s1. The summed E-state index contributed by atoms with van der Waals surface area (Å²) in [5, 5.41) is 10.2. The fourth-order valence-electron chi connectivity index (χ4n) is 3.99. The fraction of sp³-hybridized carbons (Fsp3) is 0.667. The van der Waals surface area contributed by atoms with Crippen LogP contribution >= 0.6 is 0 Å². The number of aliphatic hydroxyl groups is 1. The molecule has 1 fully saturated rings. The number of cyclic esters (lactones) is 1. The van der Waals surface area contributed by atoms with Crippen LogP contribution in [-0.4, -0.2) is 23.8 Å². The topological polar surface area (TPSA) is 46.5 Å². The van der Waals surface area contributed by atoms with Gasteiger partial charge in [-0.15, -0.1) is 0 Å². The second-order valence-electron chi connectivity index (χ2n) is 6.21. The normalized spacial score (nSPS) is 43.6. The van der Waals surface area contributed by atoms with E-state index in [0.29, 0.717) is 12.3 Å². The van der Waals surface area contributed by atoms with Gasteiger partial charge in [0.2, 0.25) is 0 Å². The zero-order chi connectivity index (χ0) is 13.1. The molecule has 18 heavy (non-hydrogen) atoms. The molecule has 3 nitrogen and oxygen atoms in total. The number of allylic oxidation sites excluding steroid dienone is 1. The molecule has 0 spiro atoms. The molecule has 1 saturated carbocycles. The van der Waals surface area contributed by atoms with E-state index in [-0.39, 0.29) is 23.9 Å². The van der Waals surface area contributed by atoms with Gasteiger partial charge in [0.25, 0.3) is 0 Å². The van der Waals surface area contributed by atoms with Crippen LogP contribution in [-0.2, 0) is 9.53 Å². The molecule has 0 aromatic heterocycles. The zero-order valence-corrected chi connectivity index (χ0v) is 11.0. The second-order valence-corrected chi connectivity index (χ2v) is 6.21. The van der Waals surface area contributed by atoms with Crippen LogP contribution in [0, 0.1) is 17.3 Å². The minimum Gasteiger partial charge on any atom is -0.458 e. The Bertz CT molecular complexity index is 462. The van der Waals surface area contributed by atoms with Crippen molar-refractivity contribution in [1.82, 2.24) is 0 Å². The van der Waals surface area contributed by atoms with Crippen molar-refractivity contribution < 1.29 is 14.6 Å². The number of ether oxygens (including phenoxy) is 1. The predicted molar refractivity (Wildman–Crippen MR) is 67.7 cm³/mol. The Labute approximate surface area is 108 Å². The highest BCUT2D eigenvalue weighted by Crippen LogP contribution is 2.57. The van der Waals surface area contributed by atoms with E-state index in [1.807, 2.05) is 0 Å². The van der Waals surface area contributed by atoms with Gasteiger partial charge < -0.3 is 9.84 Å². The summed E-state index contributed by atoms with van der Waals surface area (Å²) in [6.07, 6.45) is 2.20. The van der Waals surface area contributed by atoms with Gasteiger partial charge in [0.1, 0.15) is 6.61 Å². The third kappa shape index (κ3) is 1.37. The van der Waals surface area contributed by atoms with E-state index in [9.17, 15) is 9.90 Å². The number of hydrogen-bond acceptors (Lipinski definition) is 3. The molecule has 2 aliphatic carbocycles. The monoisotopic (exact) mass is 248 g/mol. The van der Waals surface area contributed by atoms with E-state index in [0.717, 1.165) is 24.0 Å². The van der Waals surface area contributed by atoms with Gasteiger partial charge in [-0.1, -0.05) is 26.0 Å². The van der Waals surface area contributed by atoms with Gasteiger partial charge in [0, 0.05) is 16.6 Å². The molecular weight excluding hydrogens is 228 g/mol. The van der Waals surface area contributed by atoms with E-state index in [1.165, 1.54) is 5.57 Å². The average Bonchev–Trinajstić information content (AvgIpc) is 2.72. The summed E-state index contributed by atoms with van der Waals surface area (Å²) in [5.41, 5.74) is 2.58. The molecule has 1 heterocycles. The molecule has 1 aliphatic heterocycles. The van der Waals surface area contributed by atoms with Crippen molar-refractivity contribution >= 4 is 5.97 Å². The predicted octanol–water partition coefficient (Wildman–Crippen LogP) is 2.21. The minimum atomic E-state index is -0.536. The number of esters is 1. The molecule has 0 bridgehead atoms. The number of carbonyl (C=O) groups excluding carboxylic acids is 1. The van der Waals surface area contributed by atoms with Crippen LogP contribution in [0.3, 0.4) is 0 Å². The minimum absolute atomic E-state index is 0.175. The summed E-state index contributed by atoms with van der Waals surface area (Å²) in [4.78, 5) is 12.0. The number of hydrogen-bond donors (Lipinski definition) is 1. The van der Waals surface area contributed by atoms with Crippen molar-refractivity contribution in [3.05, 3.63) is 23.3 Å². The lowest BCUT2D eigenvalue weighted by Gasteiger charge is -2.49.